The molecule has 0 atom stereocenters. The zero-order valence-electron chi connectivity index (χ0n) is 6.75. The third kappa shape index (κ3) is 1.45. The number of aromatic nitrogens is 3. The molecule has 0 aliphatic carbocycles. The average molecular weight is 214 g/mol. The maximum Gasteiger partial charge on any atom is 0.161 e. The van der Waals surface area contributed by atoms with E-state index in [1.165, 1.54) is 0 Å². The van der Waals surface area contributed by atoms with Crippen molar-refractivity contribution in [2.45, 2.75) is 6.92 Å². The Morgan fingerprint density at radius 3 is 2.77 bits per heavy atom. The standard InChI is InChI=1S/C8H5Cl2N3/c1-4-7-6(8(10)13-12-4)2-5(9)3-11-7/h2-3H,1H3. The molecule has 0 aliphatic rings. The Morgan fingerprint density at radius 2 is 2.00 bits per heavy atom. The molecular weight excluding hydrogens is 209 g/mol. The Labute approximate surface area is 84.7 Å². The summed E-state index contributed by atoms with van der Waals surface area (Å²) in [6.45, 7) is 1.83. The van der Waals surface area contributed by atoms with E-state index in [0.29, 0.717) is 10.2 Å². The highest BCUT2D eigenvalue weighted by Crippen LogP contribution is 2.23. The molecule has 13 heavy (non-hydrogen) atoms. The minimum absolute atomic E-state index is 0.329. The van der Waals surface area contributed by atoms with E-state index in [0.717, 1.165) is 16.6 Å². The van der Waals surface area contributed by atoms with E-state index >= 15 is 0 Å². The fourth-order valence-electron chi connectivity index (χ4n) is 1.10. The first-order valence-corrected chi connectivity index (χ1v) is 4.38. The van der Waals surface area contributed by atoms with Crippen LogP contribution in [-0.4, -0.2) is 15.2 Å². The van der Waals surface area contributed by atoms with Crippen molar-refractivity contribution in [3.8, 4) is 0 Å². The molecule has 0 amide bonds. The van der Waals surface area contributed by atoms with Gasteiger partial charge in [-0.05, 0) is 13.0 Å². The number of hydrogen-bond donors (Lipinski definition) is 0. The van der Waals surface area contributed by atoms with Gasteiger partial charge in [-0.25, -0.2) is 0 Å². The Bertz CT molecular complexity index is 470. The SMILES string of the molecule is Cc1nnc(Cl)c2cc(Cl)cnc12. The lowest BCUT2D eigenvalue weighted by atomic mass is 10.2. The normalized spacial score (nSPS) is 10.7. The molecule has 0 aromatic carbocycles. The number of nitrogens with zero attached hydrogens (tertiary/aromatic N) is 3. The molecule has 0 radical (unpaired) electrons. The average Bonchev–Trinajstić information content (AvgIpc) is 2.12. The van der Waals surface area contributed by atoms with E-state index in [1.807, 2.05) is 6.92 Å². The van der Waals surface area contributed by atoms with Crippen molar-refractivity contribution in [1.82, 2.24) is 15.2 Å². The van der Waals surface area contributed by atoms with Crippen LogP contribution in [0.5, 0.6) is 0 Å². The number of halogens is 2. The first kappa shape index (κ1) is 8.66. The molecule has 0 aliphatic heterocycles. The van der Waals surface area contributed by atoms with Crippen molar-refractivity contribution in [1.29, 1.82) is 0 Å². The van der Waals surface area contributed by atoms with E-state index in [4.69, 9.17) is 23.2 Å². The molecule has 2 heterocycles. The van der Waals surface area contributed by atoms with E-state index in [1.54, 1.807) is 12.3 Å². The van der Waals surface area contributed by atoms with Gasteiger partial charge in [0, 0.05) is 11.6 Å². The monoisotopic (exact) mass is 213 g/mol. The van der Waals surface area contributed by atoms with Gasteiger partial charge >= 0.3 is 0 Å². The van der Waals surface area contributed by atoms with Gasteiger partial charge in [-0.2, -0.15) is 5.10 Å². The summed E-state index contributed by atoms with van der Waals surface area (Å²) < 4.78 is 0. The zero-order valence-corrected chi connectivity index (χ0v) is 8.26. The summed E-state index contributed by atoms with van der Waals surface area (Å²) in [5, 5.41) is 9.22. The summed E-state index contributed by atoms with van der Waals surface area (Å²) in [5.41, 5.74) is 1.49. The first-order valence-electron chi connectivity index (χ1n) is 3.62. The summed E-state index contributed by atoms with van der Waals surface area (Å²) in [6, 6.07) is 1.73. The van der Waals surface area contributed by atoms with Crippen LogP contribution in [0.25, 0.3) is 10.9 Å². The Hall–Kier alpha value is -0.930. The van der Waals surface area contributed by atoms with Gasteiger partial charge in [0.25, 0.3) is 0 Å². The number of pyridine rings is 1. The molecule has 0 fully saturated rings. The second kappa shape index (κ2) is 3.09. The van der Waals surface area contributed by atoms with Crippen LogP contribution in [0.1, 0.15) is 5.69 Å². The lowest BCUT2D eigenvalue weighted by molar-refractivity contribution is 0.995. The van der Waals surface area contributed by atoms with Crippen molar-refractivity contribution < 1.29 is 0 Å². The van der Waals surface area contributed by atoms with Crippen LogP contribution in [0.3, 0.4) is 0 Å². The molecule has 2 rings (SSSR count). The van der Waals surface area contributed by atoms with Crippen molar-refractivity contribution in [2.75, 3.05) is 0 Å². The van der Waals surface area contributed by atoms with Crippen LogP contribution in [0.15, 0.2) is 12.3 Å². The molecular formula is C8H5Cl2N3. The van der Waals surface area contributed by atoms with Gasteiger partial charge in [-0.15, -0.1) is 5.10 Å². The third-order valence-electron chi connectivity index (χ3n) is 1.71. The van der Waals surface area contributed by atoms with E-state index < -0.39 is 0 Å². The lowest BCUT2D eigenvalue weighted by Gasteiger charge is -2.00. The number of fused-ring (bicyclic) bond motifs is 1. The first-order chi connectivity index (χ1) is 6.18. The molecule has 0 N–H and O–H groups in total. The van der Waals surface area contributed by atoms with Gasteiger partial charge in [-0.3, -0.25) is 4.98 Å². The van der Waals surface area contributed by atoms with Crippen LogP contribution < -0.4 is 0 Å². The van der Waals surface area contributed by atoms with Crippen LogP contribution >= 0.6 is 23.2 Å². The smallest absolute Gasteiger partial charge is 0.161 e. The Balaban J connectivity index is 2.92. The van der Waals surface area contributed by atoms with Crippen molar-refractivity contribution >= 4 is 34.1 Å². The fraction of sp³-hybridized carbons (Fsp3) is 0.125. The molecule has 0 saturated carbocycles. The highest BCUT2D eigenvalue weighted by molar-refractivity contribution is 6.35. The summed E-state index contributed by atoms with van der Waals surface area (Å²) >= 11 is 11.6. The van der Waals surface area contributed by atoms with Crippen LogP contribution in [0.4, 0.5) is 0 Å². The summed E-state index contributed by atoms with van der Waals surface area (Å²) in [5.74, 6) is 0. The highest BCUT2D eigenvalue weighted by atomic mass is 35.5. The fourth-order valence-corrected chi connectivity index (χ4v) is 1.44. The Kier molecular flexibility index (Phi) is 2.06. The van der Waals surface area contributed by atoms with Gasteiger partial charge in [0.1, 0.15) is 0 Å². The molecule has 0 saturated heterocycles. The number of hydrogen-bond acceptors (Lipinski definition) is 3. The third-order valence-corrected chi connectivity index (χ3v) is 2.19. The predicted molar refractivity (Wildman–Crippen MR) is 52.1 cm³/mol. The molecule has 0 spiro atoms. The number of rotatable bonds is 0. The largest absolute Gasteiger partial charge is 0.253 e. The molecule has 2 aromatic rings. The van der Waals surface area contributed by atoms with Crippen molar-refractivity contribution in [3.05, 3.63) is 28.1 Å². The summed E-state index contributed by atoms with van der Waals surface area (Å²) in [6.07, 6.45) is 1.56. The molecule has 0 bridgehead atoms. The molecule has 3 nitrogen and oxygen atoms in total. The second-order valence-corrected chi connectivity index (χ2v) is 3.42. The zero-order chi connectivity index (χ0) is 9.42. The highest BCUT2D eigenvalue weighted by Gasteiger charge is 2.05. The topological polar surface area (TPSA) is 38.7 Å². The molecule has 5 heteroatoms. The quantitative estimate of drug-likeness (QED) is 0.676. The van der Waals surface area contributed by atoms with Gasteiger partial charge < -0.3 is 0 Å². The van der Waals surface area contributed by atoms with Gasteiger partial charge in [0.15, 0.2) is 5.15 Å². The minimum atomic E-state index is 0.329. The van der Waals surface area contributed by atoms with E-state index in [9.17, 15) is 0 Å². The van der Waals surface area contributed by atoms with Gasteiger partial charge in [0.2, 0.25) is 0 Å². The minimum Gasteiger partial charge on any atom is -0.253 e. The van der Waals surface area contributed by atoms with Gasteiger partial charge in [-0.1, -0.05) is 23.2 Å². The van der Waals surface area contributed by atoms with Crippen LogP contribution in [0.2, 0.25) is 10.2 Å². The molecule has 0 unspecified atom stereocenters. The maximum atomic E-state index is 5.83. The van der Waals surface area contributed by atoms with Crippen LogP contribution in [-0.2, 0) is 0 Å². The molecule has 66 valence electrons. The second-order valence-electron chi connectivity index (χ2n) is 2.63. The summed E-state index contributed by atoms with van der Waals surface area (Å²) in [7, 11) is 0. The molecule has 2 aromatic heterocycles. The van der Waals surface area contributed by atoms with Crippen molar-refractivity contribution in [3.63, 3.8) is 0 Å². The van der Waals surface area contributed by atoms with E-state index in [-0.39, 0.29) is 0 Å². The van der Waals surface area contributed by atoms with Crippen molar-refractivity contribution in [2.24, 2.45) is 0 Å². The van der Waals surface area contributed by atoms with E-state index in [2.05, 4.69) is 15.2 Å². The lowest BCUT2D eigenvalue weighted by Crippen LogP contribution is -1.92. The Morgan fingerprint density at radius 1 is 1.23 bits per heavy atom. The summed E-state index contributed by atoms with van der Waals surface area (Å²) in [4.78, 5) is 4.12. The van der Waals surface area contributed by atoms with Gasteiger partial charge in [0.05, 0.1) is 16.2 Å². The predicted octanol–water partition coefficient (Wildman–Crippen LogP) is 2.64. The number of aryl methyl sites for hydroxylation is 1. The van der Waals surface area contributed by atoms with Crippen LogP contribution in [0, 0.1) is 6.92 Å². The maximum absolute atomic E-state index is 5.83.